The number of fused-ring (bicyclic) bond motifs is 3. The molecule has 0 bridgehead atoms. The lowest BCUT2D eigenvalue weighted by molar-refractivity contribution is 0.655. The molecule has 2 heteroatoms. The summed E-state index contributed by atoms with van der Waals surface area (Å²) in [5, 5.41) is 3.66. The van der Waals surface area contributed by atoms with Gasteiger partial charge in [0.2, 0.25) is 0 Å². The van der Waals surface area contributed by atoms with E-state index in [1.807, 2.05) is 6.08 Å². The van der Waals surface area contributed by atoms with Gasteiger partial charge in [0.1, 0.15) is 0 Å². The van der Waals surface area contributed by atoms with Gasteiger partial charge in [0.15, 0.2) is 0 Å². The number of benzene rings is 1. The molecule has 1 aromatic rings. The second-order valence-corrected chi connectivity index (χ2v) is 7.53. The van der Waals surface area contributed by atoms with Crippen LogP contribution in [-0.4, -0.2) is 12.1 Å². The Morgan fingerprint density at radius 1 is 0.962 bits per heavy atom. The van der Waals surface area contributed by atoms with Gasteiger partial charge in [-0.15, -0.1) is 0 Å². The molecule has 3 aliphatic carbocycles. The van der Waals surface area contributed by atoms with Crippen molar-refractivity contribution in [1.29, 1.82) is 0 Å². The molecule has 5 rings (SSSR count). The predicted molar refractivity (Wildman–Crippen MR) is 108 cm³/mol. The van der Waals surface area contributed by atoms with Crippen molar-refractivity contribution in [2.24, 2.45) is 11.7 Å². The van der Waals surface area contributed by atoms with Crippen LogP contribution in [0.4, 0.5) is 0 Å². The third-order valence-corrected chi connectivity index (χ3v) is 5.88. The molecule has 26 heavy (non-hydrogen) atoms. The van der Waals surface area contributed by atoms with Crippen LogP contribution in [0, 0.1) is 5.92 Å². The average molecular weight is 340 g/mol. The average Bonchev–Trinajstić information content (AvgIpc) is 3.06. The van der Waals surface area contributed by atoms with Crippen LogP contribution in [0.5, 0.6) is 0 Å². The summed E-state index contributed by atoms with van der Waals surface area (Å²) in [6.07, 6.45) is 22.5. The highest BCUT2D eigenvalue weighted by atomic mass is 15.0. The Balaban J connectivity index is 1.47. The number of allylic oxidation sites excluding steroid dienone is 7. The van der Waals surface area contributed by atoms with Crippen LogP contribution in [0.15, 0.2) is 90.2 Å². The molecule has 0 amide bonds. The van der Waals surface area contributed by atoms with Crippen molar-refractivity contribution in [3.8, 4) is 0 Å². The largest absolute Gasteiger partial charge is 0.378 e. The number of nitrogens with one attached hydrogen (secondary N) is 1. The SMILES string of the molecule is NC1C=CC=CC1c1cccc(C2=CC3C4=CCCC=C4NC3C=C2)c1. The van der Waals surface area contributed by atoms with Crippen LogP contribution in [-0.2, 0) is 0 Å². The van der Waals surface area contributed by atoms with Crippen molar-refractivity contribution in [3.63, 3.8) is 0 Å². The lowest BCUT2D eigenvalue weighted by atomic mass is 9.83. The molecular weight excluding hydrogens is 316 g/mol. The van der Waals surface area contributed by atoms with Gasteiger partial charge in [0.25, 0.3) is 0 Å². The highest BCUT2D eigenvalue weighted by Crippen LogP contribution is 2.39. The van der Waals surface area contributed by atoms with E-state index in [0.717, 1.165) is 12.8 Å². The first kappa shape index (κ1) is 15.7. The molecule has 0 saturated carbocycles. The molecule has 2 nitrogen and oxygen atoms in total. The molecule has 0 radical (unpaired) electrons. The van der Waals surface area contributed by atoms with Crippen LogP contribution < -0.4 is 11.1 Å². The predicted octanol–water partition coefficient (Wildman–Crippen LogP) is 4.37. The summed E-state index contributed by atoms with van der Waals surface area (Å²) < 4.78 is 0. The topological polar surface area (TPSA) is 38.0 Å². The van der Waals surface area contributed by atoms with E-state index in [1.165, 1.54) is 28.0 Å². The van der Waals surface area contributed by atoms with Gasteiger partial charge >= 0.3 is 0 Å². The quantitative estimate of drug-likeness (QED) is 0.839. The summed E-state index contributed by atoms with van der Waals surface area (Å²) in [5.41, 5.74) is 13.0. The molecule has 1 aromatic carbocycles. The van der Waals surface area contributed by atoms with Gasteiger partial charge in [-0.05, 0) is 35.1 Å². The highest BCUT2D eigenvalue weighted by Gasteiger charge is 2.34. The van der Waals surface area contributed by atoms with Crippen molar-refractivity contribution in [1.82, 2.24) is 5.32 Å². The maximum absolute atomic E-state index is 6.29. The van der Waals surface area contributed by atoms with Crippen molar-refractivity contribution < 1.29 is 0 Å². The van der Waals surface area contributed by atoms with Crippen LogP contribution in [0.2, 0.25) is 0 Å². The van der Waals surface area contributed by atoms with Gasteiger partial charge in [0.05, 0.1) is 6.04 Å². The molecule has 4 aliphatic rings. The summed E-state index contributed by atoms with van der Waals surface area (Å²) in [6.45, 7) is 0. The maximum atomic E-state index is 6.29. The Morgan fingerprint density at radius 2 is 1.85 bits per heavy atom. The van der Waals surface area contributed by atoms with E-state index in [9.17, 15) is 0 Å². The van der Waals surface area contributed by atoms with Gasteiger partial charge in [-0.3, -0.25) is 0 Å². The maximum Gasteiger partial charge on any atom is 0.0552 e. The summed E-state index contributed by atoms with van der Waals surface area (Å²) in [4.78, 5) is 0. The zero-order valence-electron chi connectivity index (χ0n) is 14.8. The van der Waals surface area contributed by atoms with Crippen LogP contribution in [0.25, 0.3) is 5.57 Å². The first-order valence-corrected chi connectivity index (χ1v) is 9.58. The zero-order valence-corrected chi connectivity index (χ0v) is 14.8. The van der Waals surface area contributed by atoms with Gasteiger partial charge in [-0.25, -0.2) is 0 Å². The molecular formula is C24H24N2. The summed E-state index contributed by atoms with van der Waals surface area (Å²) in [7, 11) is 0. The first-order chi connectivity index (χ1) is 12.8. The van der Waals surface area contributed by atoms with E-state index in [1.54, 1.807) is 0 Å². The fourth-order valence-corrected chi connectivity index (χ4v) is 4.51. The Kier molecular flexibility index (Phi) is 3.79. The molecule has 3 N–H and O–H groups in total. The first-order valence-electron chi connectivity index (χ1n) is 9.58. The number of hydrogen-bond donors (Lipinski definition) is 2. The van der Waals surface area contributed by atoms with E-state index in [4.69, 9.17) is 5.73 Å². The third-order valence-electron chi connectivity index (χ3n) is 5.88. The summed E-state index contributed by atoms with van der Waals surface area (Å²) >= 11 is 0. The van der Waals surface area contributed by atoms with Crippen molar-refractivity contribution in [3.05, 3.63) is 101 Å². The van der Waals surface area contributed by atoms with E-state index >= 15 is 0 Å². The molecule has 1 saturated heterocycles. The Hall–Kier alpha value is -2.58. The lowest BCUT2D eigenvalue weighted by Crippen LogP contribution is -2.26. The van der Waals surface area contributed by atoms with Gasteiger partial charge in [-0.2, -0.15) is 0 Å². The molecule has 1 aliphatic heterocycles. The Labute approximate surface area is 155 Å². The molecule has 0 spiro atoms. The number of nitrogens with two attached hydrogens (primary N) is 1. The van der Waals surface area contributed by atoms with E-state index < -0.39 is 0 Å². The molecule has 1 heterocycles. The molecule has 130 valence electrons. The highest BCUT2D eigenvalue weighted by molar-refractivity contribution is 5.77. The van der Waals surface area contributed by atoms with Crippen LogP contribution in [0.3, 0.4) is 0 Å². The van der Waals surface area contributed by atoms with Gasteiger partial charge in [0, 0.05) is 23.6 Å². The fourth-order valence-electron chi connectivity index (χ4n) is 4.51. The molecule has 4 unspecified atom stereocenters. The summed E-state index contributed by atoms with van der Waals surface area (Å²) in [5.74, 6) is 0.703. The number of rotatable bonds is 2. The minimum absolute atomic E-state index is 0.0506. The zero-order chi connectivity index (χ0) is 17.5. The van der Waals surface area contributed by atoms with Crippen molar-refractivity contribution in [2.45, 2.75) is 30.8 Å². The van der Waals surface area contributed by atoms with E-state index in [0.29, 0.717) is 12.0 Å². The molecule has 4 atom stereocenters. The second-order valence-electron chi connectivity index (χ2n) is 7.53. The minimum Gasteiger partial charge on any atom is -0.378 e. The fraction of sp³-hybridized carbons (Fsp3) is 0.250. The Morgan fingerprint density at radius 3 is 2.77 bits per heavy atom. The normalized spacial score (nSPS) is 31.5. The Bertz CT molecular complexity index is 910. The monoisotopic (exact) mass is 340 g/mol. The third kappa shape index (κ3) is 2.62. The van der Waals surface area contributed by atoms with E-state index in [2.05, 4.69) is 78.2 Å². The number of hydrogen-bond acceptors (Lipinski definition) is 2. The van der Waals surface area contributed by atoms with Crippen molar-refractivity contribution in [2.75, 3.05) is 0 Å². The minimum atomic E-state index is 0.0506. The smallest absolute Gasteiger partial charge is 0.0552 e. The van der Waals surface area contributed by atoms with Crippen molar-refractivity contribution >= 4 is 5.57 Å². The van der Waals surface area contributed by atoms with E-state index in [-0.39, 0.29) is 12.0 Å². The van der Waals surface area contributed by atoms with Crippen LogP contribution >= 0.6 is 0 Å². The standard InChI is InChI=1S/C24H24N2/c25-22-10-3-1-8-19(22)18-7-5-6-16(14-18)17-12-13-24-21(15-17)20-9-2-4-11-23(20)26-24/h1,3,5-15,19,21-22,24,26H,2,4,25H2. The molecule has 1 fully saturated rings. The van der Waals surface area contributed by atoms with Gasteiger partial charge in [-0.1, -0.05) is 78.9 Å². The second kappa shape index (κ2) is 6.30. The van der Waals surface area contributed by atoms with Crippen LogP contribution in [0.1, 0.15) is 29.9 Å². The lowest BCUT2D eigenvalue weighted by Gasteiger charge is -2.23. The molecule has 0 aromatic heterocycles. The van der Waals surface area contributed by atoms with Gasteiger partial charge < -0.3 is 11.1 Å². The summed E-state index contributed by atoms with van der Waals surface area (Å²) in [6, 6.07) is 9.31.